The van der Waals surface area contributed by atoms with Gasteiger partial charge < -0.3 is 4.90 Å². The number of carbonyl (C=O) groups excluding carboxylic acids is 1. The van der Waals surface area contributed by atoms with Gasteiger partial charge in [0.2, 0.25) is 0 Å². The third-order valence-electron chi connectivity index (χ3n) is 4.80. The molecule has 6 heteroatoms. The lowest BCUT2D eigenvalue weighted by atomic mass is 10.2. The Morgan fingerprint density at radius 3 is 2.67 bits per heavy atom. The minimum atomic E-state index is -0.498. The summed E-state index contributed by atoms with van der Waals surface area (Å²) in [5, 5.41) is 4.61. The highest BCUT2D eigenvalue weighted by Gasteiger charge is 2.31. The van der Waals surface area contributed by atoms with Crippen LogP contribution in [0.1, 0.15) is 38.6 Å². The second-order valence-electron chi connectivity index (χ2n) is 6.21. The quantitative estimate of drug-likeness (QED) is 0.691. The molecular formula is C18H17FN4O. The highest BCUT2D eigenvalue weighted by Crippen LogP contribution is 2.28. The topological polar surface area (TPSA) is 50.5 Å². The molecule has 0 saturated heterocycles. The molecule has 122 valence electrons. The summed E-state index contributed by atoms with van der Waals surface area (Å²) >= 11 is 0. The molecule has 5 nitrogen and oxygen atoms in total. The molecule has 0 aliphatic carbocycles. The van der Waals surface area contributed by atoms with Crippen molar-refractivity contribution in [1.29, 1.82) is 0 Å². The van der Waals surface area contributed by atoms with Crippen LogP contribution in [0.25, 0.3) is 5.65 Å². The van der Waals surface area contributed by atoms with Crippen LogP contribution < -0.4 is 0 Å². The first-order valence-electron chi connectivity index (χ1n) is 7.85. The van der Waals surface area contributed by atoms with Gasteiger partial charge in [0.1, 0.15) is 5.82 Å². The lowest BCUT2D eigenvalue weighted by molar-refractivity contribution is 0.0745. The monoisotopic (exact) mass is 324 g/mol. The molecule has 0 saturated carbocycles. The van der Waals surface area contributed by atoms with Crippen molar-refractivity contribution in [1.82, 2.24) is 19.5 Å². The summed E-state index contributed by atoms with van der Waals surface area (Å²) < 4.78 is 15.7. The van der Waals surface area contributed by atoms with Gasteiger partial charge in [-0.3, -0.25) is 4.79 Å². The van der Waals surface area contributed by atoms with E-state index < -0.39 is 5.82 Å². The Bertz CT molecular complexity index is 992. The molecule has 0 atom stereocenters. The molecule has 4 rings (SSSR count). The average molecular weight is 324 g/mol. The molecule has 3 heterocycles. The molecule has 0 unspecified atom stereocenters. The molecule has 0 fully saturated rings. The van der Waals surface area contributed by atoms with Crippen LogP contribution in [0, 0.1) is 26.6 Å². The zero-order chi connectivity index (χ0) is 17.0. The molecule has 3 aromatic rings. The summed E-state index contributed by atoms with van der Waals surface area (Å²) in [7, 11) is 0. The van der Waals surface area contributed by atoms with Crippen molar-refractivity contribution in [3.8, 4) is 0 Å². The van der Waals surface area contributed by atoms with Crippen LogP contribution in [0.3, 0.4) is 0 Å². The Kier molecular flexibility index (Phi) is 3.16. The van der Waals surface area contributed by atoms with Gasteiger partial charge in [-0.1, -0.05) is 12.1 Å². The number of fused-ring (bicyclic) bond motifs is 3. The standard InChI is InChI=1S/C18H17FN4O/c1-10-11(2)20-17-14-8-22(9-16(14)21-23(17)12(10)3)18(24)13-6-4-5-7-15(13)19/h4-7H,8-9H2,1-3H3. The fraction of sp³-hybridized carbons (Fsp3) is 0.278. The van der Waals surface area contributed by atoms with E-state index in [4.69, 9.17) is 0 Å². The third-order valence-corrected chi connectivity index (χ3v) is 4.80. The van der Waals surface area contributed by atoms with E-state index in [-0.39, 0.29) is 11.5 Å². The number of hydrogen-bond donors (Lipinski definition) is 0. The van der Waals surface area contributed by atoms with Crippen molar-refractivity contribution < 1.29 is 9.18 Å². The summed E-state index contributed by atoms with van der Waals surface area (Å²) in [5.74, 6) is -0.813. The molecule has 1 aliphatic rings. The van der Waals surface area contributed by atoms with Crippen molar-refractivity contribution >= 4 is 11.6 Å². The second-order valence-corrected chi connectivity index (χ2v) is 6.21. The van der Waals surface area contributed by atoms with Crippen LogP contribution in [0.2, 0.25) is 0 Å². The van der Waals surface area contributed by atoms with Gasteiger partial charge in [-0.2, -0.15) is 5.10 Å². The lowest BCUT2D eigenvalue weighted by Crippen LogP contribution is -2.26. The Labute approximate surface area is 138 Å². The van der Waals surface area contributed by atoms with Crippen LogP contribution in [0.15, 0.2) is 24.3 Å². The van der Waals surface area contributed by atoms with E-state index in [1.807, 2.05) is 25.3 Å². The van der Waals surface area contributed by atoms with Gasteiger partial charge in [-0.25, -0.2) is 13.9 Å². The number of hydrogen-bond acceptors (Lipinski definition) is 3. The first-order valence-corrected chi connectivity index (χ1v) is 7.85. The van der Waals surface area contributed by atoms with Crippen LogP contribution in [0.4, 0.5) is 4.39 Å². The van der Waals surface area contributed by atoms with Gasteiger partial charge in [0, 0.05) is 17.0 Å². The molecular weight excluding hydrogens is 307 g/mol. The number of carbonyl (C=O) groups is 1. The summed E-state index contributed by atoms with van der Waals surface area (Å²) in [4.78, 5) is 18.8. The van der Waals surface area contributed by atoms with Gasteiger partial charge in [-0.05, 0) is 38.5 Å². The normalized spacial score (nSPS) is 13.6. The number of benzene rings is 1. The Morgan fingerprint density at radius 1 is 1.17 bits per heavy atom. The van der Waals surface area contributed by atoms with Gasteiger partial charge in [0.25, 0.3) is 5.91 Å². The fourth-order valence-corrected chi connectivity index (χ4v) is 3.16. The number of rotatable bonds is 1. The molecule has 1 aromatic carbocycles. The maximum absolute atomic E-state index is 13.9. The maximum Gasteiger partial charge on any atom is 0.257 e. The molecule has 0 radical (unpaired) electrons. The van der Waals surface area contributed by atoms with Crippen LogP contribution in [0.5, 0.6) is 0 Å². The predicted molar refractivity (Wildman–Crippen MR) is 87.2 cm³/mol. The first kappa shape index (κ1) is 14.8. The average Bonchev–Trinajstić information content (AvgIpc) is 3.12. The van der Waals surface area contributed by atoms with E-state index in [1.54, 1.807) is 17.0 Å². The lowest BCUT2D eigenvalue weighted by Gasteiger charge is -2.16. The number of halogens is 1. The van der Waals surface area contributed by atoms with Crippen molar-refractivity contribution in [3.63, 3.8) is 0 Å². The largest absolute Gasteiger partial charge is 0.328 e. The molecule has 2 aromatic heterocycles. The molecule has 0 N–H and O–H groups in total. The minimum absolute atomic E-state index is 0.0933. The Hall–Kier alpha value is -2.76. The summed E-state index contributed by atoms with van der Waals surface area (Å²) in [5.41, 5.74) is 5.79. The maximum atomic E-state index is 13.9. The molecule has 0 bridgehead atoms. The van der Waals surface area contributed by atoms with Gasteiger partial charge in [0.05, 0.1) is 24.3 Å². The predicted octanol–water partition coefficient (Wildman–Crippen LogP) is 2.95. The van der Waals surface area contributed by atoms with Crippen molar-refractivity contribution in [2.75, 3.05) is 0 Å². The highest BCUT2D eigenvalue weighted by molar-refractivity contribution is 5.95. The number of nitrogens with zero attached hydrogens (tertiary/aromatic N) is 4. The Balaban J connectivity index is 1.73. The van der Waals surface area contributed by atoms with Crippen molar-refractivity contribution in [2.45, 2.75) is 33.9 Å². The summed E-state index contributed by atoms with van der Waals surface area (Å²) in [6.07, 6.45) is 0. The van der Waals surface area contributed by atoms with E-state index in [1.165, 1.54) is 12.1 Å². The zero-order valence-electron chi connectivity index (χ0n) is 13.8. The number of aryl methyl sites for hydroxylation is 2. The third kappa shape index (κ3) is 2.02. The highest BCUT2D eigenvalue weighted by atomic mass is 19.1. The van der Waals surface area contributed by atoms with E-state index in [0.29, 0.717) is 13.1 Å². The van der Waals surface area contributed by atoms with E-state index in [0.717, 1.165) is 33.9 Å². The van der Waals surface area contributed by atoms with Gasteiger partial charge in [0.15, 0.2) is 5.65 Å². The molecule has 24 heavy (non-hydrogen) atoms. The van der Waals surface area contributed by atoms with Gasteiger partial charge >= 0.3 is 0 Å². The van der Waals surface area contributed by atoms with E-state index in [9.17, 15) is 9.18 Å². The van der Waals surface area contributed by atoms with Crippen LogP contribution >= 0.6 is 0 Å². The summed E-state index contributed by atoms with van der Waals surface area (Å²) in [6, 6.07) is 6.06. The second kappa shape index (κ2) is 5.12. The molecule has 1 aliphatic heterocycles. The first-order chi connectivity index (χ1) is 11.5. The smallest absolute Gasteiger partial charge is 0.257 e. The fourth-order valence-electron chi connectivity index (χ4n) is 3.16. The molecule has 0 spiro atoms. The summed E-state index contributed by atoms with van der Waals surface area (Å²) in [6.45, 7) is 6.79. The Morgan fingerprint density at radius 2 is 1.92 bits per heavy atom. The van der Waals surface area contributed by atoms with Crippen LogP contribution in [-0.2, 0) is 13.1 Å². The van der Waals surface area contributed by atoms with Gasteiger partial charge in [-0.15, -0.1) is 0 Å². The zero-order valence-corrected chi connectivity index (χ0v) is 13.8. The van der Waals surface area contributed by atoms with Crippen LogP contribution in [-0.4, -0.2) is 25.4 Å². The number of aromatic nitrogens is 3. The van der Waals surface area contributed by atoms with E-state index >= 15 is 0 Å². The number of amides is 1. The van der Waals surface area contributed by atoms with E-state index in [2.05, 4.69) is 10.1 Å². The van der Waals surface area contributed by atoms with Crippen molar-refractivity contribution in [3.05, 3.63) is 63.9 Å². The SMILES string of the molecule is Cc1nc2c3c(nn2c(C)c1C)CN(C(=O)c1ccccc1F)C3. The minimum Gasteiger partial charge on any atom is -0.328 e. The van der Waals surface area contributed by atoms with Crippen molar-refractivity contribution in [2.24, 2.45) is 0 Å². The molecule has 1 amide bonds.